The number of ether oxygens (including phenoxy) is 1. The molecule has 4 unspecified atom stereocenters. The lowest BCUT2D eigenvalue weighted by Crippen LogP contribution is -2.44. The number of anilines is 4. The molecule has 12 heteroatoms. The van der Waals surface area contributed by atoms with Crippen LogP contribution in [0.3, 0.4) is 0 Å². The van der Waals surface area contributed by atoms with Crippen molar-refractivity contribution in [1.29, 1.82) is 0 Å². The second-order valence-corrected chi connectivity index (χ2v) is 9.24. The quantitative estimate of drug-likeness (QED) is 0.425. The molecule has 1 aliphatic heterocycles. The molecule has 1 aromatic heterocycles. The van der Waals surface area contributed by atoms with Gasteiger partial charge < -0.3 is 36.3 Å². The third-order valence-electron chi connectivity index (χ3n) is 5.93. The zero-order valence-electron chi connectivity index (χ0n) is 18.1. The Hall–Kier alpha value is -2.80. The van der Waals surface area contributed by atoms with Crippen molar-refractivity contribution < 1.29 is 18.3 Å². The Kier molecular flexibility index (Phi) is 7.38. The van der Waals surface area contributed by atoms with Gasteiger partial charge in [-0.05, 0) is 48.2 Å². The normalized spacial score (nSPS) is 24.2. The van der Waals surface area contributed by atoms with Crippen molar-refractivity contribution in [3.63, 3.8) is 0 Å². The molecule has 1 saturated carbocycles. The van der Waals surface area contributed by atoms with E-state index in [1.807, 2.05) is 29.2 Å². The van der Waals surface area contributed by atoms with Crippen molar-refractivity contribution in [2.45, 2.75) is 43.2 Å². The van der Waals surface area contributed by atoms with Gasteiger partial charge in [-0.25, -0.2) is 4.98 Å². The van der Waals surface area contributed by atoms with E-state index in [1.165, 1.54) is 6.20 Å². The summed E-state index contributed by atoms with van der Waals surface area (Å²) in [5, 5.41) is 6.41. The highest BCUT2D eigenvalue weighted by molar-refractivity contribution is 7.79. The lowest BCUT2D eigenvalue weighted by atomic mass is 9.91. The molecular weight excluding hydrogens is 446 g/mol. The predicted molar refractivity (Wildman–Crippen MR) is 125 cm³/mol. The molecule has 4 rings (SSSR count). The molecule has 0 bridgehead atoms. The number of hydrogen-bond donors (Lipinski definition) is 4. The molecule has 2 aliphatic rings. The molecule has 2 aromatic rings. The lowest BCUT2D eigenvalue weighted by Gasteiger charge is -2.35. The smallest absolute Gasteiger partial charge is 0.254 e. The van der Waals surface area contributed by atoms with E-state index in [0.717, 1.165) is 31.4 Å². The van der Waals surface area contributed by atoms with Crippen LogP contribution in [0.4, 0.5) is 23.1 Å². The molecule has 4 atom stereocenters. The monoisotopic (exact) mass is 474 g/mol. The van der Waals surface area contributed by atoms with Crippen LogP contribution in [-0.2, 0) is 15.8 Å². The van der Waals surface area contributed by atoms with Gasteiger partial charge in [0, 0.05) is 36.2 Å². The van der Waals surface area contributed by atoms with Crippen LogP contribution in [0.25, 0.3) is 0 Å². The predicted octanol–water partition coefficient (Wildman–Crippen LogP) is 1.04. The fraction of sp³-hybridized carbons (Fsp3) is 0.476. The first-order valence-electron chi connectivity index (χ1n) is 10.9. The fourth-order valence-corrected chi connectivity index (χ4v) is 4.60. The van der Waals surface area contributed by atoms with E-state index in [1.54, 1.807) is 0 Å². The Labute approximate surface area is 194 Å². The summed E-state index contributed by atoms with van der Waals surface area (Å²) >= 11 is -2.29. The summed E-state index contributed by atoms with van der Waals surface area (Å²) < 4.78 is 27.7. The van der Waals surface area contributed by atoms with Crippen LogP contribution < -0.4 is 27.0 Å². The second kappa shape index (κ2) is 10.4. The molecular formula is C21H28N7O4S-. The molecule has 1 amide bonds. The summed E-state index contributed by atoms with van der Waals surface area (Å²) in [5.74, 6) is 0.0387. The third-order valence-corrected chi connectivity index (χ3v) is 6.65. The van der Waals surface area contributed by atoms with Crippen molar-refractivity contribution in [3.05, 3.63) is 36.0 Å². The number of nitrogens with one attached hydrogen (secondary N) is 2. The van der Waals surface area contributed by atoms with Gasteiger partial charge in [-0.3, -0.25) is 9.00 Å². The van der Waals surface area contributed by atoms with Gasteiger partial charge in [-0.15, -0.1) is 0 Å². The Morgan fingerprint density at radius 3 is 2.70 bits per heavy atom. The minimum Gasteiger partial charge on any atom is -0.770 e. The molecule has 1 saturated heterocycles. The van der Waals surface area contributed by atoms with Crippen LogP contribution >= 0.6 is 0 Å². The van der Waals surface area contributed by atoms with E-state index in [-0.39, 0.29) is 24.2 Å². The molecule has 0 spiro atoms. The van der Waals surface area contributed by atoms with Crippen LogP contribution in [0.15, 0.2) is 30.5 Å². The second-order valence-electron chi connectivity index (χ2n) is 8.20. The average Bonchev–Trinajstić information content (AvgIpc) is 2.81. The van der Waals surface area contributed by atoms with E-state index in [0.29, 0.717) is 30.6 Å². The number of nitrogens with two attached hydrogens (primary N) is 2. The number of carbonyl (C=O) groups excluding carboxylic acids is 1. The first-order chi connectivity index (χ1) is 15.9. The molecule has 33 heavy (non-hydrogen) atoms. The highest BCUT2D eigenvalue weighted by Crippen LogP contribution is 2.25. The molecule has 1 aliphatic carbocycles. The Morgan fingerprint density at radius 2 is 2.00 bits per heavy atom. The molecule has 0 radical (unpaired) electrons. The minimum absolute atomic E-state index is 0.0287. The largest absolute Gasteiger partial charge is 0.770 e. The topological polar surface area (TPSA) is 172 Å². The zero-order valence-corrected chi connectivity index (χ0v) is 18.9. The van der Waals surface area contributed by atoms with E-state index < -0.39 is 22.4 Å². The van der Waals surface area contributed by atoms with Gasteiger partial charge in [0.05, 0.1) is 13.2 Å². The van der Waals surface area contributed by atoms with Crippen LogP contribution in [0.5, 0.6) is 0 Å². The van der Waals surface area contributed by atoms with Crippen LogP contribution in [0.1, 0.15) is 36.0 Å². The summed E-state index contributed by atoms with van der Waals surface area (Å²) in [6, 6.07) is 7.48. The maximum Gasteiger partial charge on any atom is 0.254 e. The van der Waals surface area contributed by atoms with Gasteiger partial charge in [-0.1, -0.05) is 12.8 Å². The van der Waals surface area contributed by atoms with Gasteiger partial charge in [0.25, 0.3) is 5.91 Å². The molecule has 6 N–H and O–H groups in total. The summed E-state index contributed by atoms with van der Waals surface area (Å²) in [6.07, 6.45) is 5.50. The number of nitrogens with zero attached hydrogens (tertiary/aromatic N) is 3. The number of carbonyl (C=O) groups is 1. The van der Waals surface area contributed by atoms with Gasteiger partial charge in [0.15, 0.2) is 0 Å². The van der Waals surface area contributed by atoms with Crippen molar-refractivity contribution in [3.8, 4) is 0 Å². The van der Waals surface area contributed by atoms with Gasteiger partial charge >= 0.3 is 0 Å². The summed E-state index contributed by atoms with van der Waals surface area (Å²) in [6.45, 7) is 1.19. The molecule has 2 heterocycles. The SMILES string of the molecule is NC(=O)c1cnc(NC2CCCCC2N)nc1Nc1ccc(N2CCOC(S(=O)[O-])C2)cc1. The summed E-state index contributed by atoms with van der Waals surface area (Å²) in [5.41, 5.74) is 12.6. The minimum atomic E-state index is -2.29. The van der Waals surface area contributed by atoms with Gasteiger partial charge in [-0.2, -0.15) is 4.98 Å². The Morgan fingerprint density at radius 1 is 1.24 bits per heavy atom. The number of rotatable bonds is 7. The number of morpholine rings is 1. The molecule has 178 valence electrons. The van der Waals surface area contributed by atoms with Crippen LogP contribution in [0, 0.1) is 0 Å². The van der Waals surface area contributed by atoms with E-state index in [9.17, 15) is 13.6 Å². The lowest BCUT2D eigenvalue weighted by molar-refractivity contribution is 0.0897. The number of hydrogen-bond acceptors (Lipinski definition) is 10. The maximum absolute atomic E-state index is 11.9. The van der Waals surface area contributed by atoms with Crippen LogP contribution in [0.2, 0.25) is 0 Å². The van der Waals surface area contributed by atoms with E-state index in [4.69, 9.17) is 16.2 Å². The third kappa shape index (κ3) is 5.77. The van der Waals surface area contributed by atoms with Crippen molar-refractivity contribution in [1.82, 2.24) is 9.97 Å². The summed E-state index contributed by atoms with van der Waals surface area (Å²) in [7, 11) is 0. The molecule has 2 fully saturated rings. The van der Waals surface area contributed by atoms with E-state index >= 15 is 0 Å². The molecule has 1 aromatic carbocycles. The first kappa shape index (κ1) is 23.4. The fourth-order valence-electron chi connectivity index (χ4n) is 4.09. The maximum atomic E-state index is 11.9. The van der Waals surface area contributed by atoms with Crippen molar-refractivity contribution in [2.75, 3.05) is 35.2 Å². The van der Waals surface area contributed by atoms with Gasteiger partial charge in [0.1, 0.15) is 16.8 Å². The van der Waals surface area contributed by atoms with Gasteiger partial charge in [0.2, 0.25) is 5.95 Å². The Balaban J connectivity index is 1.49. The highest BCUT2D eigenvalue weighted by atomic mass is 32.2. The highest BCUT2D eigenvalue weighted by Gasteiger charge is 2.24. The Bertz CT molecular complexity index is 1010. The van der Waals surface area contributed by atoms with Crippen LogP contribution in [-0.4, -0.2) is 61.9 Å². The number of benzene rings is 1. The van der Waals surface area contributed by atoms with Crippen molar-refractivity contribution in [2.24, 2.45) is 11.5 Å². The number of primary amides is 1. The number of amides is 1. The van der Waals surface area contributed by atoms with E-state index in [2.05, 4.69) is 20.6 Å². The first-order valence-corrected chi connectivity index (χ1v) is 12.0. The number of aromatic nitrogens is 2. The average molecular weight is 475 g/mol. The standard InChI is InChI=1S/C21H29N7O4S/c22-16-3-1-2-4-17(16)26-21-24-11-15(19(23)29)20(27-21)25-13-5-7-14(8-6-13)28-9-10-32-18(12-28)33(30)31/h5-8,11,16-18H,1-4,9-10,12,22H2,(H2,23,29)(H,30,31)(H2,24,25,26,27)/p-1. The molecule has 11 nitrogen and oxygen atoms in total. The summed E-state index contributed by atoms with van der Waals surface area (Å²) in [4.78, 5) is 22.6. The van der Waals surface area contributed by atoms with Crippen molar-refractivity contribution >= 4 is 40.1 Å². The zero-order chi connectivity index (χ0) is 23.4.